The van der Waals surface area contributed by atoms with E-state index in [-0.39, 0.29) is 18.0 Å². The van der Waals surface area contributed by atoms with Crippen LogP contribution >= 0.6 is 0 Å². The van der Waals surface area contributed by atoms with Gasteiger partial charge in [-0.25, -0.2) is 4.79 Å². The molecule has 1 aliphatic heterocycles. The summed E-state index contributed by atoms with van der Waals surface area (Å²) < 4.78 is 5.26. The van der Waals surface area contributed by atoms with Gasteiger partial charge in [0.2, 0.25) is 5.91 Å². The minimum Gasteiger partial charge on any atom is -0.497 e. The summed E-state index contributed by atoms with van der Waals surface area (Å²) in [6.07, 6.45) is 1.81. The molecule has 2 aromatic rings. The fourth-order valence-corrected chi connectivity index (χ4v) is 3.64. The number of rotatable bonds is 5. The lowest BCUT2D eigenvalue weighted by Crippen LogP contribution is -2.38. The summed E-state index contributed by atoms with van der Waals surface area (Å²) in [4.78, 5) is 26.8. The van der Waals surface area contributed by atoms with Gasteiger partial charge in [0.25, 0.3) is 0 Å². The van der Waals surface area contributed by atoms with E-state index in [2.05, 4.69) is 10.6 Å². The molecule has 3 rings (SSSR count). The Labute approximate surface area is 172 Å². The van der Waals surface area contributed by atoms with Crippen LogP contribution in [0, 0.1) is 13.8 Å². The summed E-state index contributed by atoms with van der Waals surface area (Å²) >= 11 is 0. The Morgan fingerprint density at radius 1 is 1.17 bits per heavy atom. The average Bonchev–Trinajstić information content (AvgIpc) is 2.86. The van der Waals surface area contributed by atoms with Crippen molar-refractivity contribution >= 4 is 17.6 Å². The van der Waals surface area contributed by atoms with Gasteiger partial charge in [0.1, 0.15) is 5.75 Å². The van der Waals surface area contributed by atoms with Crippen molar-refractivity contribution in [3.05, 3.63) is 59.2 Å². The topological polar surface area (TPSA) is 70.7 Å². The fourth-order valence-electron chi connectivity index (χ4n) is 3.64. The summed E-state index contributed by atoms with van der Waals surface area (Å²) in [7, 11) is 1.63. The maximum Gasteiger partial charge on any atom is 0.319 e. The molecule has 1 fully saturated rings. The largest absolute Gasteiger partial charge is 0.497 e. The van der Waals surface area contributed by atoms with Crippen LogP contribution in [0.1, 0.15) is 36.0 Å². The maximum absolute atomic E-state index is 12.5. The van der Waals surface area contributed by atoms with Gasteiger partial charge < -0.3 is 20.3 Å². The van der Waals surface area contributed by atoms with Crippen molar-refractivity contribution < 1.29 is 14.3 Å². The molecule has 0 aromatic heterocycles. The highest BCUT2D eigenvalue weighted by atomic mass is 16.5. The summed E-state index contributed by atoms with van der Waals surface area (Å²) in [5.41, 5.74) is 4.03. The molecule has 1 aliphatic rings. The molecule has 0 bridgehead atoms. The number of hydrogen-bond donors (Lipinski definition) is 2. The highest BCUT2D eigenvalue weighted by Crippen LogP contribution is 2.19. The molecule has 1 heterocycles. The van der Waals surface area contributed by atoms with Gasteiger partial charge in [0, 0.05) is 31.2 Å². The summed E-state index contributed by atoms with van der Waals surface area (Å²) in [6, 6.07) is 13.4. The Morgan fingerprint density at radius 2 is 2.00 bits per heavy atom. The zero-order valence-electron chi connectivity index (χ0n) is 17.3. The van der Waals surface area contributed by atoms with Crippen molar-refractivity contribution in [3.63, 3.8) is 0 Å². The number of methoxy groups -OCH3 is 1. The van der Waals surface area contributed by atoms with E-state index in [0.717, 1.165) is 34.5 Å². The van der Waals surface area contributed by atoms with Gasteiger partial charge in [-0.15, -0.1) is 0 Å². The van der Waals surface area contributed by atoms with Crippen molar-refractivity contribution in [1.82, 2.24) is 10.2 Å². The Bertz CT molecular complexity index is 881. The molecule has 154 valence electrons. The predicted octanol–water partition coefficient (Wildman–Crippen LogP) is 4.01. The van der Waals surface area contributed by atoms with Gasteiger partial charge in [-0.2, -0.15) is 0 Å². The number of nitrogens with zero attached hydrogens (tertiary/aromatic N) is 1. The maximum atomic E-state index is 12.5. The van der Waals surface area contributed by atoms with Crippen molar-refractivity contribution in [1.29, 1.82) is 0 Å². The molecule has 6 heteroatoms. The minimum absolute atomic E-state index is 0.0278. The Hall–Kier alpha value is -3.02. The van der Waals surface area contributed by atoms with Crippen molar-refractivity contribution in [2.24, 2.45) is 0 Å². The Kier molecular flexibility index (Phi) is 6.75. The van der Waals surface area contributed by atoms with Gasteiger partial charge >= 0.3 is 6.03 Å². The molecule has 1 unspecified atom stereocenters. The van der Waals surface area contributed by atoms with E-state index >= 15 is 0 Å². The van der Waals surface area contributed by atoms with E-state index in [1.807, 2.05) is 61.2 Å². The first kappa shape index (κ1) is 20.7. The molecule has 2 aromatic carbocycles. The highest BCUT2D eigenvalue weighted by Gasteiger charge is 2.24. The molecular weight excluding hydrogens is 366 g/mol. The van der Waals surface area contributed by atoms with Crippen LogP contribution in [0.15, 0.2) is 42.5 Å². The highest BCUT2D eigenvalue weighted by molar-refractivity contribution is 5.90. The summed E-state index contributed by atoms with van der Waals surface area (Å²) in [5, 5.41) is 5.94. The van der Waals surface area contributed by atoms with E-state index in [4.69, 9.17) is 4.74 Å². The number of likely N-dealkylation sites (tertiary alicyclic amines) is 1. The lowest BCUT2D eigenvalue weighted by Gasteiger charge is -2.21. The van der Waals surface area contributed by atoms with Crippen molar-refractivity contribution in [3.8, 4) is 5.75 Å². The van der Waals surface area contributed by atoms with Crippen LogP contribution < -0.4 is 15.4 Å². The van der Waals surface area contributed by atoms with Gasteiger partial charge in [-0.1, -0.05) is 29.8 Å². The Morgan fingerprint density at radius 3 is 2.76 bits per heavy atom. The van der Waals surface area contributed by atoms with Gasteiger partial charge in [0.15, 0.2) is 0 Å². The second-order valence-corrected chi connectivity index (χ2v) is 7.61. The van der Waals surface area contributed by atoms with Crippen LogP contribution in [-0.2, 0) is 11.3 Å². The number of anilines is 1. The molecule has 29 heavy (non-hydrogen) atoms. The van der Waals surface area contributed by atoms with E-state index in [0.29, 0.717) is 25.9 Å². The molecule has 6 nitrogen and oxygen atoms in total. The van der Waals surface area contributed by atoms with Crippen LogP contribution in [0.3, 0.4) is 0 Å². The van der Waals surface area contributed by atoms with E-state index in [1.54, 1.807) is 7.11 Å². The smallest absolute Gasteiger partial charge is 0.319 e. The first-order valence-corrected chi connectivity index (χ1v) is 10.00. The predicted molar refractivity (Wildman–Crippen MR) is 114 cm³/mol. The van der Waals surface area contributed by atoms with Crippen LogP contribution in [0.25, 0.3) is 0 Å². The number of hydrogen-bond acceptors (Lipinski definition) is 3. The van der Waals surface area contributed by atoms with Crippen LogP contribution in [0.2, 0.25) is 0 Å². The zero-order valence-corrected chi connectivity index (χ0v) is 17.3. The van der Waals surface area contributed by atoms with Gasteiger partial charge in [-0.3, -0.25) is 4.79 Å². The SMILES string of the molecule is COc1cccc(CN2CCC(NC(=O)Nc3ccc(C)cc3C)CCC2=O)c1. The van der Waals surface area contributed by atoms with E-state index < -0.39 is 0 Å². The fraction of sp³-hybridized carbons (Fsp3) is 0.391. The van der Waals surface area contributed by atoms with Crippen molar-refractivity contribution in [2.45, 2.75) is 45.7 Å². The molecule has 1 atom stereocenters. The average molecular weight is 396 g/mol. The zero-order chi connectivity index (χ0) is 20.8. The van der Waals surface area contributed by atoms with Crippen LogP contribution in [0.5, 0.6) is 5.75 Å². The van der Waals surface area contributed by atoms with Gasteiger partial charge in [0.05, 0.1) is 7.11 Å². The third-order valence-electron chi connectivity index (χ3n) is 5.28. The number of carbonyl (C=O) groups is 2. The Balaban J connectivity index is 1.55. The third kappa shape index (κ3) is 5.73. The molecule has 0 spiro atoms. The quantitative estimate of drug-likeness (QED) is 0.803. The monoisotopic (exact) mass is 395 g/mol. The first-order chi connectivity index (χ1) is 13.9. The molecule has 0 saturated carbocycles. The van der Waals surface area contributed by atoms with Gasteiger partial charge in [-0.05, 0) is 56.0 Å². The molecule has 2 N–H and O–H groups in total. The minimum atomic E-state index is -0.226. The molecule has 0 aliphatic carbocycles. The number of nitrogens with one attached hydrogen (secondary N) is 2. The number of amides is 3. The van der Waals surface area contributed by atoms with Crippen LogP contribution in [-0.4, -0.2) is 36.5 Å². The van der Waals surface area contributed by atoms with E-state index in [1.165, 1.54) is 0 Å². The lowest BCUT2D eigenvalue weighted by molar-refractivity contribution is -0.131. The third-order valence-corrected chi connectivity index (χ3v) is 5.28. The summed E-state index contributed by atoms with van der Waals surface area (Å²) in [6.45, 7) is 5.17. The molecular formula is C23H29N3O3. The second kappa shape index (κ2) is 9.45. The molecule has 0 radical (unpaired) electrons. The molecule has 3 amide bonds. The number of urea groups is 1. The normalized spacial score (nSPS) is 16.9. The lowest BCUT2D eigenvalue weighted by atomic mass is 10.1. The number of aryl methyl sites for hydroxylation is 2. The van der Waals surface area contributed by atoms with Crippen molar-refractivity contribution in [2.75, 3.05) is 19.0 Å². The number of ether oxygens (including phenoxy) is 1. The summed E-state index contributed by atoms with van der Waals surface area (Å²) in [5.74, 6) is 0.902. The second-order valence-electron chi connectivity index (χ2n) is 7.61. The first-order valence-electron chi connectivity index (χ1n) is 10.00. The number of benzene rings is 2. The molecule has 1 saturated heterocycles. The van der Waals surface area contributed by atoms with Crippen LogP contribution in [0.4, 0.5) is 10.5 Å². The standard InChI is InChI=1S/C23H29N3O3/c1-16-7-9-21(17(2)13-16)25-23(28)24-19-8-10-22(27)26(12-11-19)15-18-5-4-6-20(14-18)29-3/h4-7,9,13-14,19H,8,10-12,15H2,1-3H3,(H2,24,25,28). The van der Waals surface area contributed by atoms with E-state index in [9.17, 15) is 9.59 Å². The number of carbonyl (C=O) groups excluding carboxylic acids is 2.